The van der Waals surface area contributed by atoms with Crippen molar-refractivity contribution in [2.24, 2.45) is 0 Å². The molecule has 1 aromatic heterocycles. The van der Waals surface area contributed by atoms with Gasteiger partial charge >= 0.3 is 5.97 Å². The average molecular weight is 465 g/mol. The fourth-order valence-electron chi connectivity index (χ4n) is 2.44. The highest BCUT2D eigenvalue weighted by atomic mass is 35.5. The lowest BCUT2D eigenvalue weighted by Gasteiger charge is -2.08. The summed E-state index contributed by atoms with van der Waals surface area (Å²) < 4.78 is 4.53. The molecule has 8 nitrogen and oxygen atoms in total. The van der Waals surface area contributed by atoms with Crippen molar-refractivity contribution in [2.75, 3.05) is 20.2 Å². The zero-order valence-corrected chi connectivity index (χ0v) is 19.0. The molecular formula is C21H25ClN4O4S. The summed E-state index contributed by atoms with van der Waals surface area (Å²) in [6.45, 7) is 2.52. The number of hydrogen-bond acceptors (Lipinski definition) is 7. The second-order valence-corrected chi connectivity index (χ2v) is 8.01. The van der Waals surface area contributed by atoms with E-state index < -0.39 is 5.91 Å². The van der Waals surface area contributed by atoms with E-state index in [1.807, 2.05) is 31.2 Å². The second-order valence-electron chi connectivity index (χ2n) is 6.66. The van der Waals surface area contributed by atoms with Crippen molar-refractivity contribution in [3.63, 3.8) is 0 Å². The number of aryl methyl sites for hydroxylation is 1. The van der Waals surface area contributed by atoms with E-state index in [0.29, 0.717) is 23.9 Å². The molecule has 0 aliphatic rings. The maximum Gasteiger partial charge on any atom is 0.305 e. The summed E-state index contributed by atoms with van der Waals surface area (Å²) in [5, 5.41) is 5.90. The Kier molecular flexibility index (Phi) is 10.3. The summed E-state index contributed by atoms with van der Waals surface area (Å²) in [7, 11) is 1.32. The van der Waals surface area contributed by atoms with Crippen molar-refractivity contribution in [3.05, 3.63) is 52.3 Å². The molecule has 2 amide bonds. The van der Waals surface area contributed by atoms with Gasteiger partial charge in [0.05, 0.1) is 18.3 Å². The van der Waals surface area contributed by atoms with Crippen molar-refractivity contribution in [1.29, 1.82) is 0 Å². The molecule has 0 radical (unpaired) electrons. The lowest BCUT2D eigenvalue weighted by molar-refractivity contribution is -0.140. The number of benzene rings is 1. The van der Waals surface area contributed by atoms with Gasteiger partial charge in [-0.1, -0.05) is 53.2 Å². The smallest absolute Gasteiger partial charge is 0.305 e. The van der Waals surface area contributed by atoms with Crippen LogP contribution in [-0.4, -0.2) is 48.0 Å². The van der Waals surface area contributed by atoms with Crippen LogP contribution >= 0.6 is 23.4 Å². The molecule has 2 aromatic rings. The zero-order chi connectivity index (χ0) is 22.6. The number of halogens is 1. The zero-order valence-electron chi connectivity index (χ0n) is 17.4. The minimum absolute atomic E-state index is 0.0709. The number of nitrogens with zero attached hydrogens (tertiary/aromatic N) is 2. The molecule has 1 heterocycles. The number of hydrogen-bond donors (Lipinski definition) is 2. The molecule has 0 spiro atoms. The highest BCUT2D eigenvalue weighted by Gasteiger charge is 2.15. The molecule has 0 saturated heterocycles. The van der Waals surface area contributed by atoms with Crippen molar-refractivity contribution < 1.29 is 19.1 Å². The van der Waals surface area contributed by atoms with Gasteiger partial charge in [0.2, 0.25) is 5.91 Å². The molecule has 2 rings (SSSR count). The molecular weight excluding hydrogens is 440 g/mol. The number of esters is 1. The summed E-state index contributed by atoms with van der Waals surface area (Å²) in [6.07, 6.45) is 2.23. The number of methoxy groups -OCH3 is 1. The van der Waals surface area contributed by atoms with Gasteiger partial charge in [-0.25, -0.2) is 9.97 Å². The van der Waals surface area contributed by atoms with E-state index in [2.05, 4.69) is 25.3 Å². The first-order valence-corrected chi connectivity index (χ1v) is 11.1. The molecule has 0 aliphatic carbocycles. The highest BCUT2D eigenvalue weighted by Crippen LogP contribution is 2.22. The number of aromatic nitrogens is 2. The Balaban J connectivity index is 1.77. The molecule has 0 unspecified atom stereocenters. The average Bonchev–Trinajstić information content (AvgIpc) is 2.76. The van der Waals surface area contributed by atoms with E-state index in [-0.39, 0.29) is 42.0 Å². The van der Waals surface area contributed by atoms with Gasteiger partial charge in [0.25, 0.3) is 5.91 Å². The first kappa shape index (κ1) is 24.6. The third-order valence-electron chi connectivity index (χ3n) is 4.17. The van der Waals surface area contributed by atoms with Gasteiger partial charge < -0.3 is 15.4 Å². The summed E-state index contributed by atoms with van der Waals surface area (Å²) in [5.74, 6) is -0.352. The van der Waals surface area contributed by atoms with Crippen LogP contribution in [0, 0.1) is 6.92 Å². The van der Waals surface area contributed by atoms with Crippen molar-refractivity contribution in [2.45, 2.75) is 37.1 Å². The topological polar surface area (TPSA) is 110 Å². The van der Waals surface area contributed by atoms with Crippen LogP contribution in [0.5, 0.6) is 0 Å². The van der Waals surface area contributed by atoms with Gasteiger partial charge in [-0.05, 0) is 18.9 Å². The Morgan fingerprint density at radius 3 is 2.55 bits per heavy atom. The predicted octanol–water partition coefficient (Wildman–Crippen LogP) is 2.92. The summed E-state index contributed by atoms with van der Waals surface area (Å²) in [5.41, 5.74) is 2.38. The number of amides is 2. The van der Waals surface area contributed by atoms with Crippen molar-refractivity contribution in [1.82, 2.24) is 20.6 Å². The highest BCUT2D eigenvalue weighted by molar-refractivity contribution is 7.98. The van der Waals surface area contributed by atoms with Gasteiger partial charge in [0, 0.05) is 31.7 Å². The molecule has 0 aliphatic heterocycles. The number of thioether (sulfide) groups is 1. The Labute approximate surface area is 190 Å². The lowest BCUT2D eigenvalue weighted by Crippen LogP contribution is -2.32. The Hall–Kier alpha value is -2.65. The quantitative estimate of drug-likeness (QED) is 0.227. The molecule has 0 bridgehead atoms. The molecule has 10 heteroatoms. The molecule has 0 fully saturated rings. The van der Waals surface area contributed by atoms with E-state index in [1.165, 1.54) is 30.6 Å². The monoisotopic (exact) mass is 464 g/mol. The number of nitrogens with one attached hydrogen (secondary N) is 2. The number of carbonyl (C=O) groups excluding carboxylic acids is 3. The molecule has 2 N–H and O–H groups in total. The van der Waals surface area contributed by atoms with Crippen LogP contribution in [0.15, 0.2) is 35.6 Å². The van der Waals surface area contributed by atoms with Crippen LogP contribution in [-0.2, 0) is 20.1 Å². The van der Waals surface area contributed by atoms with Crippen LogP contribution in [0.3, 0.4) is 0 Å². The molecule has 0 saturated carbocycles. The number of ether oxygens (including phenoxy) is 1. The van der Waals surface area contributed by atoms with E-state index >= 15 is 0 Å². The Bertz CT molecular complexity index is 909. The number of carbonyl (C=O) groups is 3. The third-order valence-corrected chi connectivity index (χ3v) is 5.38. The SMILES string of the molecule is COC(=O)CCCNC(=O)CCNC(=O)c1nc(SCc2ccc(C)cc2)ncc1Cl. The van der Waals surface area contributed by atoms with Crippen LogP contribution in [0.4, 0.5) is 0 Å². The maximum atomic E-state index is 12.4. The van der Waals surface area contributed by atoms with Crippen molar-refractivity contribution in [3.8, 4) is 0 Å². The van der Waals surface area contributed by atoms with E-state index in [0.717, 1.165) is 5.56 Å². The van der Waals surface area contributed by atoms with E-state index in [9.17, 15) is 14.4 Å². The summed E-state index contributed by atoms with van der Waals surface area (Å²) in [4.78, 5) is 43.6. The summed E-state index contributed by atoms with van der Waals surface area (Å²) >= 11 is 7.48. The van der Waals surface area contributed by atoms with Gasteiger partial charge in [-0.2, -0.15) is 0 Å². The minimum Gasteiger partial charge on any atom is -0.469 e. The minimum atomic E-state index is -0.469. The molecule has 31 heavy (non-hydrogen) atoms. The Morgan fingerprint density at radius 2 is 1.84 bits per heavy atom. The Morgan fingerprint density at radius 1 is 1.10 bits per heavy atom. The first-order chi connectivity index (χ1) is 14.9. The fourth-order valence-corrected chi connectivity index (χ4v) is 3.38. The molecule has 0 atom stereocenters. The lowest BCUT2D eigenvalue weighted by atomic mass is 10.2. The van der Waals surface area contributed by atoms with E-state index in [1.54, 1.807) is 0 Å². The van der Waals surface area contributed by atoms with E-state index in [4.69, 9.17) is 11.6 Å². The summed E-state index contributed by atoms with van der Waals surface area (Å²) in [6, 6.07) is 8.14. The van der Waals surface area contributed by atoms with Crippen LogP contribution in [0.1, 0.15) is 40.9 Å². The fraction of sp³-hybridized carbons (Fsp3) is 0.381. The second kappa shape index (κ2) is 12.9. The standard InChI is InChI=1S/C21H25ClN4O4S/c1-14-5-7-15(8-6-14)13-31-21-25-12-16(22)19(26-21)20(29)24-11-9-17(27)23-10-3-4-18(28)30-2/h5-8,12H,3-4,9-11,13H2,1-2H3,(H,23,27)(H,24,29). The van der Waals surface area contributed by atoms with Crippen LogP contribution in [0.25, 0.3) is 0 Å². The van der Waals surface area contributed by atoms with Gasteiger partial charge in [0.15, 0.2) is 10.9 Å². The maximum absolute atomic E-state index is 12.4. The molecule has 1 aromatic carbocycles. The largest absolute Gasteiger partial charge is 0.469 e. The molecule has 166 valence electrons. The van der Waals surface area contributed by atoms with Gasteiger partial charge in [0.1, 0.15) is 0 Å². The van der Waals surface area contributed by atoms with Crippen LogP contribution < -0.4 is 10.6 Å². The normalized spacial score (nSPS) is 10.4. The third kappa shape index (κ3) is 8.94. The van der Waals surface area contributed by atoms with Gasteiger partial charge in [-0.15, -0.1) is 0 Å². The number of rotatable bonds is 11. The van der Waals surface area contributed by atoms with Gasteiger partial charge in [-0.3, -0.25) is 14.4 Å². The first-order valence-electron chi connectivity index (χ1n) is 9.71. The van der Waals surface area contributed by atoms with Crippen molar-refractivity contribution >= 4 is 41.1 Å². The van der Waals surface area contributed by atoms with Crippen LogP contribution in [0.2, 0.25) is 5.02 Å². The predicted molar refractivity (Wildman–Crippen MR) is 119 cm³/mol.